The minimum atomic E-state index is 0.142. The lowest BCUT2D eigenvalue weighted by Crippen LogP contribution is -2.46. The van der Waals surface area contributed by atoms with E-state index in [1.807, 2.05) is 24.3 Å². The molecule has 1 aliphatic rings. The van der Waals surface area contributed by atoms with Gasteiger partial charge in [-0.05, 0) is 49.9 Å². The second-order valence-electron chi connectivity index (χ2n) is 6.35. The monoisotopic (exact) mass is 396 g/mol. The molecule has 1 saturated heterocycles. The molecule has 0 atom stereocenters. The lowest BCUT2D eigenvalue weighted by molar-refractivity contribution is -0.121. The van der Waals surface area contributed by atoms with Gasteiger partial charge in [0.1, 0.15) is 0 Å². The van der Waals surface area contributed by atoms with Gasteiger partial charge in [-0.1, -0.05) is 11.6 Å². The van der Waals surface area contributed by atoms with Gasteiger partial charge in [-0.2, -0.15) is 0 Å². The van der Waals surface area contributed by atoms with Crippen molar-refractivity contribution in [1.82, 2.24) is 15.5 Å². The highest BCUT2D eigenvalue weighted by atomic mass is 35.5. The molecule has 2 rings (SSSR count). The normalized spacial score (nSPS) is 15.8. The van der Waals surface area contributed by atoms with E-state index in [1.54, 1.807) is 18.8 Å². The van der Waals surface area contributed by atoms with E-state index in [0.717, 1.165) is 55.8 Å². The number of carbonyl (C=O) groups is 1. The topological polar surface area (TPSA) is 56.7 Å². The van der Waals surface area contributed by atoms with E-state index in [-0.39, 0.29) is 5.91 Å². The van der Waals surface area contributed by atoms with E-state index in [9.17, 15) is 4.79 Å². The summed E-state index contributed by atoms with van der Waals surface area (Å²) >= 11 is 7.70. The van der Waals surface area contributed by atoms with Gasteiger partial charge in [-0.3, -0.25) is 9.79 Å². The summed E-state index contributed by atoms with van der Waals surface area (Å²) in [5, 5.41) is 6.88. The number of amides is 1. The van der Waals surface area contributed by atoms with Gasteiger partial charge in [0, 0.05) is 48.8 Å². The highest BCUT2D eigenvalue weighted by molar-refractivity contribution is 7.99. The summed E-state index contributed by atoms with van der Waals surface area (Å²) in [5.74, 6) is 2.55. The van der Waals surface area contributed by atoms with Gasteiger partial charge in [0.2, 0.25) is 5.91 Å². The number of nitrogens with zero attached hydrogens (tertiary/aromatic N) is 2. The molecule has 1 amide bonds. The number of benzene rings is 1. The minimum Gasteiger partial charge on any atom is -0.359 e. The van der Waals surface area contributed by atoms with Crippen molar-refractivity contribution in [2.24, 2.45) is 10.9 Å². The predicted molar refractivity (Wildman–Crippen MR) is 111 cm³/mol. The molecule has 0 spiro atoms. The number of aliphatic imine (C=N–C) groups is 1. The molecular formula is C19H29ClN4OS. The van der Waals surface area contributed by atoms with Gasteiger partial charge in [0.05, 0.1) is 6.54 Å². The second-order valence-corrected chi connectivity index (χ2v) is 7.95. The van der Waals surface area contributed by atoms with Crippen LogP contribution in [0, 0.1) is 5.92 Å². The summed E-state index contributed by atoms with van der Waals surface area (Å²) in [4.78, 5) is 19.8. The van der Waals surface area contributed by atoms with Crippen molar-refractivity contribution < 1.29 is 4.79 Å². The molecule has 5 nitrogen and oxygen atoms in total. The number of guanidine groups is 1. The van der Waals surface area contributed by atoms with Crippen LogP contribution in [-0.4, -0.2) is 55.7 Å². The number of rotatable bonds is 7. The molecule has 0 aromatic heterocycles. The van der Waals surface area contributed by atoms with Crippen molar-refractivity contribution >= 4 is 35.2 Å². The zero-order valence-electron chi connectivity index (χ0n) is 15.6. The SMILES string of the molecule is CCNC(=NCCSc1ccc(Cl)cc1)N1CCC(CC(=O)NC)CC1. The van der Waals surface area contributed by atoms with Crippen LogP contribution in [0.5, 0.6) is 0 Å². The van der Waals surface area contributed by atoms with Gasteiger partial charge in [0.25, 0.3) is 0 Å². The van der Waals surface area contributed by atoms with Crippen molar-refractivity contribution in [3.8, 4) is 0 Å². The van der Waals surface area contributed by atoms with Crippen LogP contribution in [0.4, 0.5) is 0 Å². The van der Waals surface area contributed by atoms with Crippen molar-refractivity contribution in [1.29, 1.82) is 0 Å². The summed E-state index contributed by atoms with van der Waals surface area (Å²) in [6.07, 6.45) is 2.71. The van der Waals surface area contributed by atoms with Crippen LogP contribution in [-0.2, 0) is 4.79 Å². The minimum absolute atomic E-state index is 0.142. The number of carbonyl (C=O) groups excluding carboxylic acids is 1. The molecule has 144 valence electrons. The molecule has 1 aromatic carbocycles. The first-order chi connectivity index (χ1) is 12.6. The summed E-state index contributed by atoms with van der Waals surface area (Å²) in [5.41, 5.74) is 0. The largest absolute Gasteiger partial charge is 0.359 e. The van der Waals surface area contributed by atoms with Gasteiger partial charge < -0.3 is 15.5 Å². The number of likely N-dealkylation sites (tertiary alicyclic amines) is 1. The van der Waals surface area contributed by atoms with E-state index >= 15 is 0 Å². The van der Waals surface area contributed by atoms with E-state index in [2.05, 4.69) is 22.5 Å². The smallest absolute Gasteiger partial charge is 0.220 e. The molecule has 0 aliphatic carbocycles. The Balaban J connectivity index is 1.79. The molecule has 1 fully saturated rings. The number of piperidine rings is 1. The zero-order chi connectivity index (χ0) is 18.8. The number of halogens is 1. The third-order valence-electron chi connectivity index (χ3n) is 4.44. The Morgan fingerprint density at radius 2 is 2.00 bits per heavy atom. The maximum atomic E-state index is 11.5. The Hall–Kier alpha value is -1.40. The number of nitrogens with one attached hydrogen (secondary N) is 2. The van der Waals surface area contributed by atoms with Crippen molar-refractivity contribution in [2.45, 2.75) is 31.1 Å². The summed E-state index contributed by atoms with van der Waals surface area (Å²) in [6, 6.07) is 7.92. The maximum absolute atomic E-state index is 11.5. The van der Waals surface area contributed by atoms with E-state index in [0.29, 0.717) is 12.3 Å². The fourth-order valence-electron chi connectivity index (χ4n) is 2.98. The Morgan fingerprint density at radius 3 is 2.62 bits per heavy atom. The highest BCUT2D eigenvalue weighted by Crippen LogP contribution is 2.21. The Bertz CT molecular complexity index is 586. The average molecular weight is 397 g/mol. The molecule has 0 bridgehead atoms. The maximum Gasteiger partial charge on any atom is 0.220 e. The van der Waals surface area contributed by atoms with Crippen LogP contribution >= 0.6 is 23.4 Å². The highest BCUT2D eigenvalue weighted by Gasteiger charge is 2.22. The van der Waals surface area contributed by atoms with Gasteiger partial charge >= 0.3 is 0 Å². The number of thioether (sulfide) groups is 1. The van der Waals surface area contributed by atoms with E-state index in [1.165, 1.54) is 4.90 Å². The number of hydrogen-bond donors (Lipinski definition) is 2. The Kier molecular flexibility index (Phi) is 9.12. The molecule has 0 saturated carbocycles. The van der Waals surface area contributed by atoms with Crippen LogP contribution in [0.3, 0.4) is 0 Å². The van der Waals surface area contributed by atoms with Gasteiger partial charge in [-0.15, -0.1) is 11.8 Å². The third-order valence-corrected chi connectivity index (χ3v) is 5.68. The molecule has 1 aliphatic heterocycles. The number of hydrogen-bond acceptors (Lipinski definition) is 3. The van der Waals surface area contributed by atoms with Crippen molar-refractivity contribution in [2.75, 3.05) is 39.0 Å². The molecule has 2 N–H and O–H groups in total. The van der Waals surface area contributed by atoms with E-state index < -0.39 is 0 Å². The van der Waals surface area contributed by atoms with Crippen LogP contribution in [0.15, 0.2) is 34.2 Å². The van der Waals surface area contributed by atoms with Crippen LogP contribution in [0.2, 0.25) is 5.02 Å². The second kappa shape index (κ2) is 11.3. The quantitative estimate of drug-likeness (QED) is 0.321. The predicted octanol–water partition coefficient (Wildman–Crippen LogP) is 3.25. The molecule has 1 aromatic rings. The summed E-state index contributed by atoms with van der Waals surface area (Å²) in [7, 11) is 1.70. The molecule has 0 unspecified atom stereocenters. The summed E-state index contributed by atoms with van der Waals surface area (Å²) < 4.78 is 0. The molecule has 1 heterocycles. The molecule has 0 radical (unpaired) electrons. The first-order valence-corrected chi connectivity index (χ1v) is 10.6. The lowest BCUT2D eigenvalue weighted by atomic mass is 9.93. The fraction of sp³-hybridized carbons (Fsp3) is 0.579. The van der Waals surface area contributed by atoms with Gasteiger partial charge in [-0.25, -0.2) is 0 Å². The lowest BCUT2D eigenvalue weighted by Gasteiger charge is -2.34. The average Bonchev–Trinajstić information content (AvgIpc) is 2.66. The van der Waals surface area contributed by atoms with E-state index in [4.69, 9.17) is 16.6 Å². The zero-order valence-corrected chi connectivity index (χ0v) is 17.2. The first-order valence-electron chi connectivity index (χ1n) is 9.24. The summed E-state index contributed by atoms with van der Waals surface area (Å²) in [6.45, 7) is 5.64. The first kappa shape index (κ1) is 20.9. The van der Waals surface area contributed by atoms with Crippen molar-refractivity contribution in [3.63, 3.8) is 0 Å². The van der Waals surface area contributed by atoms with Crippen LogP contribution in [0.25, 0.3) is 0 Å². The Labute approximate surface area is 166 Å². The van der Waals surface area contributed by atoms with Crippen LogP contribution in [0.1, 0.15) is 26.2 Å². The molecular weight excluding hydrogens is 368 g/mol. The van der Waals surface area contributed by atoms with Crippen LogP contribution < -0.4 is 10.6 Å². The Morgan fingerprint density at radius 1 is 1.31 bits per heavy atom. The molecule has 7 heteroatoms. The standard InChI is InChI=1S/C19H29ClN4OS/c1-3-22-19(23-10-13-26-17-6-4-16(20)5-7-17)24-11-8-15(9-12-24)14-18(25)21-2/h4-7,15H,3,8-14H2,1-2H3,(H,21,25)(H,22,23). The van der Waals surface area contributed by atoms with Crippen molar-refractivity contribution in [3.05, 3.63) is 29.3 Å². The van der Waals surface area contributed by atoms with Gasteiger partial charge in [0.15, 0.2) is 5.96 Å². The fourth-order valence-corrected chi connectivity index (χ4v) is 3.86. The third kappa shape index (κ3) is 7.08. The molecule has 26 heavy (non-hydrogen) atoms.